The first-order valence-electron chi connectivity index (χ1n) is 11.3. The van der Waals surface area contributed by atoms with Crippen LogP contribution in [-0.2, 0) is 27.7 Å². The van der Waals surface area contributed by atoms with Gasteiger partial charge in [0.15, 0.2) is 16.6 Å². The van der Waals surface area contributed by atoms with E-state index in [9.17, 15) is 13.2 Å². The van der Waals surface area contributed by atoms with E-state index in [2.05, 4.69) is 10.3 Å². The van der Waals surface area contributed by atoms with Crippen LogP contribution in [0.25, 0.3) is 11.3 Å². The molecule has 8 nitrogen and oxygen atoms in total. The molecule has 2 aliphatic rings. The number of carbonyl (C=O) groups excluding carboxylic acids is 1. The third-order valence-corrected chi connectivity index (χ3v) is 8.70. The van der Waals surface area contributed by atoms with E-state index in [1.54, 1.807) is 42.5 Å². The summed E-state index contributed by atoms with van der Waals surface area (Å²) in [6, 6.07) is 19.6. The number of fused-ring (bicyclic) bond motifs is 2. The summed E-state index contributed by atoms with van der Waals surface area (Å²) in [5.74, 6) is 1.15. The average molecular weight is 520 g/mol. The molecule has 0 radical (unpaired) electrons. The molecule has 0 spiro atoms. The van der Waals surface area contributed by atoms with Crippen LogP contribution in [0.4, 0.5) is 10.8 Å². The molecule has 36 heavy (non-hydrogen) atoms. The number of nitrogens with one attached hydrogen (secondary N) is 1. The molecule has 0 saturated heterocycles. The molecule has 0 aliphatic carbocycles. The highest BCUT2D eigenvalue weighted by Crippen LogP contribution is 2.36. The van der Waals surface area contributed by atoms with Crippen molar-refractivity contribution in [2.24, 2.45) is 0 Å². The Morgan fingerprint density at radius 3 is 2.72 bits per heavy atom. The second-order valence-electron chi connectivity index (χ2n) is 8.43. The van der Waals surface area contributed by atoms with Gasteiger partial charge in [-0.3, -0.25) is 9.10 Å². The first kappa shape index (κ1) is 22.6. The molecule has 2 aliphatic heterocycles. The Hall–Kier alpha value is -3.89. The first-order chi connectivity index (χ1) is 17.5. The van der Waals surface area contributed by atoms with E-state index < -0.39 is 10.0 Å². The Morgan fingerprint density at radius 1 is 1.03 bits per heavy atom. The third kappa shape index (κ3) is 4.18. The number of anilines is 2. The van der Waals surface area contributed by atoms with Crippen molar-refractivity contribution >= 4 is 38.1 Å². The molecule has 0 saturated carbocycles. The quantitative estimate of drug-likeness (QED) is 0.404. The van der Waals surface area contributed by atoms with Gasteiger partial charge < -0.3 is 14.8 Å². The lowest BCUT2D eigenvalue weighted by Crippen LogP contribution is -2.29. The zero-order valence-electron chi connectivity index (χ0n) is 19.0. The molecule has 0 unspecified atom stereocenters. The third-order valence-electron chi connectivity index (χ3n) is 6.11. The van der Waals surface area contributed by atoms with Gasteiger partial charge in [0.1, 0.15) is 0 Å². The van der Waals surface area contributed by atoms with Gasteiger partial charge in [0.25, 0.3) is 10.0 Å². The number of nitrogens with zero attached hydrogens (tertiary/aromatic N) is 2. The summed E-state index contributed by atoms with van der Waals surface area (Å²) in [6.45, 7) is 0.588. The lowest BCUT2D eigenvalue weighted by molar-refractivity contribution is -0.115. The van der Waals surface area contributed by atoms with Gasteiger partial charge in [-0.2, -0.15) is 0 Å². The van der Waals surface area contributed by atoms with Crippen LogP contribution in [-0.4, -0.2) is 32.6 Å². The van der Waals surface area contributed by atoms with Gasteiger partial charge in [0.05, 0.1) is 22.7 Å². The molecule has 182 valence electrons. The molecule has 4 aromatic rings. The molecule has 0 atom stereocenters. The number of rotatable bonds is 6. The summed E-state index contributed by atoms with van der Waals surface area (Å²) in [5.41, 5.74) is 4.07. The number of amides is 1. The maximum atomic E-state index is 13.1. The summed E-state index contributed by atoms with van der Waals surface area (Å²) >= 11 is 1.34. The van der Waals surface area contributed by atoms with Gasteiger partial charge >= 0.3 is 0 Å². The Kier molecular flexibility index (Phi) is 5.62. The topological polar surface area (TPSA) is 97.8 Å². The lowest BCUT2D eigenvalue weighted by Gasteiger charge is -2.19. The van der Waals surface area contributed by atoms with E-state index in [-0.39, 0.29) is 24.0 Å². The van der Waals surface area contributed by atoms with Gasteiger partial charge in [0, 0.05) is 17.5 Å². The molecule has 1 aromatic heterocycles. The maximum Gasteiger partial charge on any atom is 0.264 e. The minimum absolute atomic E-state index is 0.175. The normalized spacial score (nSPS) is 14.1. The van der Waals surface area contributed by atoms with E-state index >= 15 is 0 Å². The number of ether oxygens (including phenoxy) is 2. The first-order valence-corrected chi connectivity index (χ1v) is 13.6. The number of hydrogen-bond acceptors (Lipinski definition) is 7. The highest BCUT2D eigenvalue weighted by Gasteiger charge is 2.31. The van der Waals surface area contributed by atoms with Crippen molar-refractivity contribution in [3.8, 4) is 22.8 Å². The number of aromatic nitrogens is 1. The van der Waals surface area contributed by atoms with Crippen molar-refractivity contribution < 1.29 is 22.7 Å². The fourth-order valence-electron chi connectivity index (χ4n) is 4.36. The van der Waals surface area contributed by atoms with E-state index in [1.807, 2.05) is 29.6 Å². The highest BCUT2D eigenvalue weighted by molar-refractivity contribution is 7.92. The number of thiazole rings is 1. The molecule has 10 heteroatoms. The SMILES string of the molecule is O=C(Cc1ccc2c(c1)OCO2)Nc1nc(-c2ccc3c(c2)CCN3S(=O)(=O)c2ccccc2)cs1. The van der Waals surface area contributed by atoms with Crippen LogP contribution in [0.3, 0.4) is 0 Å². The number of hydrogen-bond donors (Lipinski definition) is 1. The molecule has 6 rings (SSSR count). The van der Waals surface area contributed by atoms with Gasteiger partial charge in [-0.25, -0.2) is 13.4 Å². The van der Waals surface area contributed by atoms with E-state index in [0.29, 0.717) is 35.3 Å². The van der Waals surface area contributed by atoms with Gasteiger partial charge in [-0.1, -0.05) is 30.3 Å². The highest BCUT2D eigenvalue weighted by atomic mass is 32.2. The van der Waals surface area contributed by atoms with Crippen LogP contribution in [0.2, 0.25) is 0 Å². The van der Waals surface area contributed by atoms with Gasteiger partial charge in [-0.05, 0) is 53.9 Å². The summed E-state index contributed by atoms with van der Waals surface area (Å²) in [7, 11) is -3.61. The predicted molar refractivity (Wildman–Crippen MR) is 137 cm³/mol. The minimum atomic E-state index is -3.61. The van der Waals surface area contributed by atoms with E-state index in [4.69, 9.17) is 9.47 Å². The van der Waals surface area contributed by atoms with Crippen LogP contribution in [0.5, 0.6) is 11.5 Å². The van der Waals surface area contributed by atoms with E-state index in [1.165, 1.54) is 15.6 Å². The number of carbonyl (C=O) groups is 1. The van der Waals surface area contributed by atoms with Crippen molar-refractivity contribution in [1.29, 1.82) is 0 Å². The van der Waals surface area contributed by atoms with Gasteiger partial charge in [0.2, 0.25) is 12.7 Å². The molecule has 1 N–H and O–H groups in total. The predicted octanol–water partition coefficient (Wildman–Crippen LogP) is 4.47. The second kappa shape index (κ2) is 8.96. The molecule has 0 fully saturated rings. The Balaban J connectivity index is 1.16. The minimum Gasteiger partial charge on any atom is -0.454 e. The fraction of sp³-hybridized carbons (Fsp3) is 0.154. The Labute approximate surface area is 212 Å². The fourth-order valence-corrected chi connectivity index (χ4v) is 6.62. The largest absolute Gasteiger partial charge is 0.454 e. The summed E-state index contributed by atoms with van der Waals surface area (Å²) in [6.07, 6.45) is 0.814. The molecule has 1 amide bonds. The number of sulfonamides is 1. The van der Waals surface area contributed by atoms with E-state index in [0.717, 1.165) is 22.4 Å². The summed E-state index contributed by atoms with van der Waals surface area (Å²) in [4.78, 5) is 17.4. The van der Waals surface area contributed by atoms with Gasteiger partial charge in [-0.15, -0.1) is 11.3 Å². The zero-order valence-corrected chi connectivity index (χ0v) is 20.6. The van der Waals surface area contributed by atoms with Crippen molar-refractivity contribution in [2.75, 3.05) is 23.0 Å². The van der Waals surface area contributed by atoms with Crippen molar-refractivity contribution in [1.82, 2.24) is 4.98 Å². The molecular weight excluding hydrogens is 498 g/mol. The average Bonchev–Trinajstić information content (AvgIpc) is 3.63. The van der Waals surface area contributed by atoms with Crippen molar-refractivity contribution in [3.05, 3.63) is 83.2 Å². The standard InChI is InChI=1S/C26H21N3O5S2/c30-25(13-17-6-9-23-24(12-17)34-16-33-23)28-26-27-21(15-35-26)18-7-8-22-19(14-18)10-11-29(22)36(31,32)20-4-2-1-3-5-20/h1-9,12,14-15H,10-11,13,16H2,(H,27,28,30). The van der Waals surface area contributed by atoms with Crippen LogP contribution >= 0.6 is 11.3 Å². The second-order valence-corrected chi connectivity index (χ2v) is 11.2. The molecular formula is C26H21N3O5S2. The van der Waals surface area contributed by atoms with Crippen LogP contribution in [0.15, 0.2) is 77.0 Å². The molecule has 3 aromatic carbocycles. The molecule has 0 bridgehead atoms. The van der Waals surface area contributed by atoms with Crippen LogP contribution in [0.1, 0.15) is 11.1 Å². The molecule has 3 heterocycles. The monoisotopic (exact) mass is 519 g/mol. The summed E-state index contributed by atoms with van der Waals surface area (Å²) < 4.78 is 38.4. The zero-order chi connectivity index (χ0) is 24.7. The lowest BCUT2D eigenvalue weighted by atomic mass is 10.1. The summed E-state index contributed by atoms with van der Waals surface area (Å²) in [5, 5.41) is 5.24. The van der Waals surface area contributed by atoms with Crippen LogP contribution in [0, 0.1) is 0 Å². The Bertz CT molecular complexity index is 1570. The van der Waals surface area contributed by atoms with Crippen LogP contribution < -0.4 is 19.1 Å². The smallest absolute Gasteiger partial charge is 0.264 e. The van der Waals surface area contributed by atoms with Crippen molar-refractivity contribution in [2.45, 2.75) is 17.7 Å². The number of benzene rings is 3. The van der Waals surface area contributed by atoms with Crippen molar-refractivity contribution in [3.63, 3.8) is 0 Å². The Morgan fingerprint density at radius 2 is 1.86 bits per heavy atom. The maximum absolute atomic E-state index is 13.1.